The molecule has 0 aliphatic carbocycles. The van der Waals surface area contributed by atoms with Gasteiger partial charge in [-0.25, -0.2) is 8.42 Å². The lowest BCUT2D eigenvalue weighted by molar-refractivity contribution is 0.483. The highest BCUT2D eigenvalue weighted by molar-refractivity contribution is 7.92. The lowest BCUT2D eigenvalue weighted by Crippen LogP contribution is -2.06. The lowest BCUT2D eigenvalue weighted by Gasteiger charge is -2.09. The summed E-state index contributed by atoms with van der Waals surface area (Å²) >= 11 is 5.93. The van der Waals surface area contributed by atoms with Crippen LogP contribution in [0.5, 0.6) is 0 Å². The molecule has 0 aliphatic rings. The minimum absolute atomic E-state index is 0.0667. The van der Waals surface area contributed by atoms with Crippen molar-refractivity contribution in [2.45, 2.75) is 21.6 Å². The predicted octanol–water partition coefficient (Wildman–Crippen LogP) is 2.80. The van der Waals surface area contributed by atoms with E-state index in [9.17, 15) is 21.4 Å². The van der Waals surface area contributed by atoms with E-state index in [4.69, 9.17) is 17.3 Å². The Bertz CT molecular complexity index is 1260. The summed E-state index contributed by atoms with van der Waals surface area (Å²) in [4.78, 5) is -0.810. The smallest absolute Gasteiger partial charge is 0.296 e. The zero-order valence-electron chi connectivity index (χ0n) is 13.8. The van der Waals surface area contributed by atoms with Gasteiger partial charge in [0.2, 0.25) is 9.84 Å². The van der Waals surface area contributed by atoms with Gasteiger partial charge in [-0.05, 0) is 37.3 Å². The number of aryl methyl sites for hydroxylation is 1. The van der Waals surface area contributed by atoms with Crippen molar-refractivity contribution in [2.75, 3.05) is 5.73 Å². The Morgan fingerprint density at radius 2 is 1.77 bits per heavy atom. The second-order valence-corrected chi connectivity index (χ2v) is 9.47. The Labute approximate surface area is 155 Å². The van der Waals surface area contributed by atoms with Gasteiger partial charge in [-0.2, -0.15) is 8.42 Å². The summed E-state index contributed by atoms with van der Waals surface area (Å²) in [5, 5.41) is 0.000410. The Morgan fingerprint density at radius 3 is 2.35 bits per heavy atom. The normalized spacial score (nSPS) is 12.6. The third-order valence-electron chi connectivity index (χ3n) is 4.25. The number of hydrogen-bond acceptors (Lipinski definition) is 5. The standard InChI is InChI=1S/C16H15ClN2O5S2/c1-9-16(26(22,23)24)15-13(19(9)2)4-3-5-14(15)25(20,21)10-6-7-12(18)11(17)8-10/h3-8H,18H2,1-2H3,(H,22,23,24). The van der Waals surface area contributed by atoms with Crippen molar-refractivity contribution in [1.29, 1.82) is 0 Å². The van der Waals surface area contributed by atoms with Crippen molar-refractivity contribution in [3.8, 4) is 0 Å². The van der Waals surface area contributed by atoms with E-state index in [1.807, 2.05) is 0 Å². The molecule has 2 aromatic carbocycles. The van der Waals surface area contributed by atoms with E-state index in [-0.39, 0.29) is 31.6 Å². The van der Waals surface area contributed by atoms with Gasteiger partial charge in [0, 0.05) is 18.1 Å². The minimum atomic E-state index is -4.65. The second kappa shape index (κ2) is 5.98. The van der Waals surface area contributed by atoms with Crippen molar-refractivity contribution >= 4 is 48.1 Å². The number of nitrogens with two attached hydrogens (primary N) is 1. The summed E-state index contributed by atoms with van der Waals surface area (Å²) in [6.45, 7) is 1.49. The molecule has 3 aromatic rings. The number of nitrogens with zero attached hydrogens (tertiary/aromatic N) is 1. The summed E-state index contributed by atoms with van der Waals surface area (Å²) < 4.78 is 61.2. The fraction of sp³-hybridized carbons (Fsp3) is 0.125. The Kier molecular flexibility index (Phi) is 4.31. The highest BCUT2D eigenvalue weighted by Gasteiger charge is 2.29. The first-order chi connectivity index (χ1) is 12.0. The molecule has 0 saturated carbocycles. The van der Waals surface area contributed by atoms with Gasteiger partial charge >= 0.3 is 0 Å². The molecule has 3 N–H and O–H groups in total. The van der Waals surface area contributed by atoms with E-state index in [1.165, 1.54) is 41.8 Å². The number of halogens is 1. The van der Waals surface area contributed by atoms with Gasteiger partial charge < -0.3 is 10.3 Å². The number of rotatable bonds is 3. The van der Waals surface area contributed by atoms with E-state index >= 15 is 0 Å². The number of anilines is 1. The Balaban J connectivity index is 2.46. The average molecular weight is 415 g/mol. The zero-order chi connectivity index (χ0) is 19.4. The van der Waals surface area contributed by atoms with E-state index in [1.54, 1.807) is 13.1 Å². The molecule has 10 heteroatoms. The number of nitrogen functional groups attached to an aromatic ring is 1. The molecule has 26 heavy (non-hydrogen) atoms. The molecule has 0 radical (unpaired) electrons. The van der Waals surface area contributed by atoms with Gasteiger partial charge in [-0.1, -0.05) is 17.7 Å². The van der Waals surface area contributed by atoms with Crippen LogP contribution >= 0.6 is 11.6 Å². The van der Waals surface area contributed by atoms with Gasteiger partial charge in [-0.3, -0.25) is 4.55 Å². The molecule has 1 heterocycles. The van der Waals surface area contributed by atoms with Crippen molar-refractivity contribution in [3.63, 3.8) is 0 Å². The van der Waals surface area contributed by atoms with Crippen molar-refractivity contribution < 1.29 is 21.4 Å². The zero-order valence-corrected chi connectivity index (χ0v) is 16.2. The molecule has 0 spiro atoms. The van der Waals surface area contributed by atoms with Crippen molar-refractivity contribution in [1.82, 2.24) is 4.57 Å². The molecule has 0 atom stereocenters. The monoisotopic (exact) mass is 414 g/mol. The molecule has 7 nitrogen and oxygen atoms in total. The predicted molar refractivity (Wildman–Crippen MR) is 98.8 cm³/mol. The topological polar surface area (TPSA) is 119 Å². The molecule has 3 rings (SSSR count). The van der Waals surface area contributed by atoms with Crippen molar-refractivity contribution in [3.05, 3.63) is 47.1 Å². The van der Waals surface area contributed by atoms with E-state index in [0.29, 0.717) is 5.52 Å². The first kappa shape index (κ1) is 18.7. The Morgan fingerprint density at radius 1 is 1.12 bits per heavy atom. The van der Waals surface area contributed by atoms with Crippen LogP contribution in [0.15, 0.2) is 51.1 Å². The van der Waals surface area contributed by atoms with E-state index in [2.05, 4.69) is 0 Å². The molecule has 0 amide bonds. The third kappa shape index (κ3) is 2.77. The van der Waals surface area contributed by atoms with Crippen LogP contribution in [-0.4, -0.2) is 26.0 Å². The maximum absolute atomic E-state index is 13.1. The fourth-order valence-electron chi connectivity index (χ4n) is 2.88. The molecule has 0 bridgehead atoms. The average Bonchev–Trinajstić information content (AvgIpc) is 2.81. The molecule has 0 unspecified atom stereocenters. The molecule has 0 saturated heterocycles. The summed E-state index contributed by atoms with van der Waals surface area (Å²) in [5.41, 5.74) is 6.43. The quantitative estimate of drug-likeness (QED) is 0.502. The summed E-state index contributed by atoms with van der Waals surface area (Å²) in [6.07, 6.45) is 0. The molecule has 1 aromatic heterocycles. The summed E-state index contributed by atoms with van der Waals surface area (Å²) in [6, 6.07) is 8.21. The molecular formula is C16H15ClN2O5S2. The Hall–Kier alpha value is -2.07. The van der Waals surface area contributed by atoms with Gasteiger partial charge in [0.25, 0.3) is 10.1 Å². The first-order valence-corrected chi connectivity index (χ1v) is 10.6. The van der Waals surface area contributed by atoms with Crippen LogP contribution in [0.2, 0.25) is 5.02 Å². The second-order valence-electron chi connectivity index (χ2n) is 5.79. The highest BCUT2D eigenvalue weighted by atomic mass is 35.5. The fourth-order valence-corrected chi connectivity index (χ4v) is 5.68. The lowest BCUT2D eigenvalue weighted by atomic mass is 10.2. The van der Waals surface area contributed by atoms with Crippen LogP contribution in [0, 0.1) is 6.92 Å². The van der Waals surface area contributed by atoms with Gasteiger partial charge in [-0.15, -0.1) is 0 Å². The SMILES string of the molecule is Cc1c(S(=O)(=O)O)c2c(S(=O)(=O)c3ccc(N)c(Cl)c3)cccc2n1C. The highest BCUT2D eigenvalue weighted by Crippen LogP contribution is 2.37. The van der Waals surface area contributed by atoms with Crippen LogP contribution < -0.4 is 5.73 Å². The maximum atomic E-state index is 13.1. The first-order valence-electron chi connectivity index (χ1n) is 7.32. The molecular weight excluding hydrogens is 400 g/mol. The summed E-state index contributed by atoms with van der Waals surface area (Å²) in [7, 11) is -7.18. The van der Waals surface area contributed by atoms with Crippen LogP contribution in [-0.2, 0) is 27.0 Å². The molecule has 0 aliphatic heterocycles. The van der Waals surface area contributed by atoms with Gasteiger partial charge in [0.1, 0.15) is 4.90 Å². The van der Waals surface area contributed by atoms with Crippen LogP contribution in [0.4, 0.5) is 5.69 Å². The minimum Gasteiger partial charge on any atom is -0.398 e. The number of hydrogen-bond donors (Lipinski definition) is 2. The van der Waals surface area contributed by atoms with Crippen molar-refractivity contribution in [2.24, 2.45) is 7.05 Å². The van der Waals surface area contributed by atoms with Crippen LogP contribution in [0.3, 0.4) is 0 Å². The van der Waals surface area contributed by atoms with Gasteiger partial charge in [0.05, 0.1) is 26.0 Å². The largest absolute Gasteiger partial charge is 0.398 e. The van der Waals surface area contributed by atoms with Crippen LogP contribution in [0.1, 0.15) is 5.69 Å². The third-order valence-corrected chi connectivity index (χ3v) is 7.39. The maximum Gasteiger partial charge on any atom is 0.296 e. The number of fused-ring (bicyclic) bond motifs is 1. The molecule has 0 fully saturated rings. The van der Waals surface area contributed by atoms with E-state index < -0.39 is 24.9 Å². The number of benzene rings is 2. The number of sulfone groups is 1. The van der Waals surface area contributed by atoms with E-state index in [0.717, 1.165) is 0 Å². The summed E-state index contributed by atoms with van der Waals surface area (Å²) in [5.74, 6) is 0. The number of aromatic nitrogens is 1. The molecule has 138 valence electrons. The van der Waals surface area contributed by atoms with Gasteiger partial charge in [0.15, 0.2) is 0 Å². The van der Waals surface area contributed by atoms with Crippen LogP contribution in [0.25, 0.3) is 10.9 Å².